The highest BCUT2D eigenvalue weighted by Crippen LogP contribution is 2.23. The second-order valence-electron chi connectivity index (χ2n) is 5.61. The molecule has 23 heavy (non-hydrogen) atoms. The van der Waals surface area contributed by atoms with Gasteiger partial charge in [0.1, 0.15) is 11.2 Å². The molecule has 1 saturated heterocycles. The third-order valence-corrected chi connectivity index (χ3v) is 4.18. The molecule has 4 nitrogen and oxygen atoms in total. The average Bonchev–Trinajstić information content (AvgIpc) is 2.57. The van der Waals surface area contributed by atoms with E-state index in [2.05, 4.69) is 4.90 Å². The largest absolute Gasteiger partial charge is 0.455 e. The van der Waals surface area contributed by atoms with Gasteiger partial charge in [-0.2, -0.15) is 0 Å². The van der Waals surface area contributed by atoms with Crippen LogP contribution in [0.2, 0.25) is 0 Å². The second kappa shape index (κ2) is 6.71. The van der Waals surface area contributed by atoms with Crippen molar-refractivity contribution in [1.82, 2.24) is 4.90 Å². The van der Waals surface area contributed by atoms with Gasteiger partial charge in [0.2, 0.25) is 5.43 Å². The minimum Gasteiger partial charge on any atom is -0.455 e. The summed E-state index contributed by atoms with van der Waals surface area (Å²) in [7, 11) is 0. The van der Waals surface area contributed by atoms with E-state index in [0.29, 0.717) is 21.9 Å². The van der Waals surface area contributed by atoms with E-state index in [1.165, 1.54) is 0 Å². The molecule has 2 heterocycles. The molecule has 1 aliphatic rings. The van der Waals surface area contributed by atoms with E-state index in [1.54, 1.807) is 0 Å². The maximum atomic E-state index is 12.6. The van der Waals surface area contributed by atoms with Crippen molar-refractivity contribution in [2.45, 2.75) is 6.54 Å². The van der Waals surface area contributed by atoms with Crippen LogP contribution in [0.25, 0.3) is 21.9 Å². The molecule has 1 aliphatic heterocycles. The van der Waals surface area contributed by atoms with Gasteiger partial charge in [0.15, 0.2) is 0 Å². The molecule has 0 radical (unpaired) electrons. The van der Waals surface area contributed by atoms with Crippen molar-refractivity contribution in [2.24, 2.45) is 0 Å². The van der Waals surface area contributed by atoms with Crippen LogP contribution in [-0.2, 0) is 11.3 Å². The molecule has 1 aromatic heterocycles. The molecule has 0 bridgehead atoms. The Hall–Kier alpha value is -1.88. The summed E-state index contributed by atoms with van der Waals surface area (Å²) in [5, 5.41) is 1.29. The van der Waals surface area contributed by atoms with Gasteiger partial charge in [0.05, 0.1) is 24.0 Å². The molecule has 4 rings (SSSR count). The molecular formula is C18H18ClNO3. The summed E-state index contributed by atoms with van der Waals surface area (Å²) in [6.07, 6.45) is 0. The van der Waals surface area contributed by atoms with Crippen molar-refractivity contribution in [3.8, 4) is 0 Å². The third kappa shape index (κ3) is 2.98. The Morgan fingerprint density at radius 2 is 1.70 bits per heavy atom. The van der Waals surface area contributed by atoms with Crippen molar-refractivity contribution < 1.29 is 9.15 Å². The standard InChI is InChI=1S/C18H17NO3.ClH/c20-17-14-5-1-2-7-16(14)22-18-13(4-3-6-15(17)18)12-19-8-10-21-11-9-19;/h1-7H,8-12H2;1H. The Morgan fingerprint density at radius 1 is 0.957 bits per heavy atom. The fraction of sp³-hybridized carbons (Fsp3) is 0.278. The summed E-state index contributed by atoms with van der Waals surface area (Å²) in [4.78, 5) is 15.0. The van der Waals surface area contributed by atoms with Gasteiger partial charge < -0.3 is 9.15 Å². The highest BCUT2D eigenvalue weighted by molar-refractivity contribution is 5.90. The Bertz CT molecular complexity index is 884. The van der Waals surface area contributed by atoms with Crippen LogP contribution in [0.15, 0.2) is 51.7 Å². The quantitative estimate of drug-likeness (QED) is 0.676. The zero-order valence-electron chi connectivity index (χ0n) is 12.7. The Morgan fingerprint density at radius 3 is 2.52 bits per heavy atom. The Kier molecular flexibility index (Phi) is 4.66. The normalized spacial score (nSPS) is 15.7. The maximum Gasteiger partial charge on any atom is 0.200 e. The predicted octanol–water partition coefficient (Wildman–Crippen LogP) is 3.20. The van der Waals surface area contributed by atoms with E-state index in [-0.39, 0.29) is 17.8 Å². The SMILES string of the molecule is Cl.O=c1c2ccccc2oc2c(CN3CCOCC3)cccc12. The van der Waals surface area contributed by atoms with Crippen molar-refractivity contribution in [3.05, 3.63) is 58.3 Å². The molecule has 3 aromatic rings. The van der Waals surface area contributed by atoms with E-state index in [0.717, 1.165) is 38.4 Å². The highest BCUT2D eigenvalue weighted by Gasteiger charge is 2.15. The summed E-state index contributed by atoms with van der Waals surface area (Å²) < 4.78 is 11.4. The Labute approximate surface area is 140 Å². The zero-order valence-corrected chi connectivity index (χ0v) is 13.5. The lowest BCUT2D eigenvalue weighted by molar-refractivity contribution is 0.0342. The van der Waals surface area contributed by atoms with Crippen molar-refractivity contribution in [3.63, 3.8) is 0 Å². The molecule has 5 heteroatoms. The number of nitrogens with zero attached hydrogens (tertiary/aromatic N) is 1. The third-order valence-electron chi connectivity index (χ3n) is 4.18. The van der Waals surface area contributed by atoms with Crippen LogP contribution in [0.5, 0.6) is 0 Å². The van der Waals surface area contributed by atoms with Crippen LogP contribution in [0.1, 0.15) is 5.56 Å². The summed E-state index contributed by atoms with van der Waals surface area (Å²) in [6.45, 7) is 4.12. The van der Waals surface area contributed by atoms with Gasteiger partial charge in [-0.05, 0) is 18.2 Å². The molecule has 0 atom stereocenters. The first-order valence-corrected chi connectivity index (χ1v) is 7.56. The van der Waals surface area contributed by atoms with Crippen LogP contribution in [0.4, 0.5) is 0 Å². The van der Waals surface area contributed by atoms with Gasteiger partial charge in [-0.3, -0.25) is 9.69 Å². The number of morpholine rings is 1. The molecule has 1 fully saturated rings. The number of hydrogen-bond donors (Lipinski definition) is 0. The molecule has 0 spiro atoms. The van der Waals surface area contributed by atoms with Crippen LogP contribution >= 0.6 is 12.4 Å². The predicted molar refractivity (Wildman–Crippen MR) is 93.3 cm³/mol. The van der Waals surface area contributed by atoms with Gasteiger partial charge in [0.25, 0.3) is 0 Å². The average molecular weight is 332 g/mol. The van der Waals surface area contributed by atoms with Gasteiger partial charge in [-0.1, -0.05) is 24.3 Å². The number of halogens is 1. The monoisotopic (exact) mass is 331 g/mol. The summed E-state index contributed by atoms with van der Waals surface area (Å²) in [5.74, 6) is 0. The lowest BCUT2D eigenvalue weighted by atomic mass is 10.1. The molecule has 0 N–H and O–H groups in total. The molecule has 0 saturated carbocycles. The Balaban J connectivity index is 0.00000156. The van der Waals surface area contributed by atoms with Gasteiger partial charge in [-0.15, -0.1) is 12.4 Å². The number of rotatable bonds is 2. The summed E-state index contributed by atoms with van der Waals surface area (Å²) in [5.41, 5.74) is 2.45. The van der Waals surface area contributed by atoms with Crippen molar-refractivity contribution >= 4 is 34.3 Å². The first kappa shape index (κ1) is 16.0. The molecular weight excluding hydrogens is 314 g/mol. The fourth-order valence-electron chi connectivity index (χ4n) is 3.01. The van der Waals surface area contributed by atoms with Gasteiger partial charge in [-0.25, -0.2) is 0 Å². The van der Waals surface area contributed by atoms with Crippen LogP contribution in [0, 0.1) is 0 Å². The molecule has 0 amide bonds. The summed E-state index contributed by atoms with van der Waals surface area (Å²) in [6, 6.07) is 13.2. The molecule has 120 valence electrons. The second-order valence-corrected chi connectivity index (χ2v) is 5.61. The van der Waals surface area contributed by atoms with E-state index >= 15 is 0 Å². The number of benzene rings is 2. The first-order valence-electron chi connectivity index (χ1n) is 7.56. The lowest BCUT2D eigenvalue weighted by Gasteiger charge is -2.26. The minimum absolute atomic E-state index is 0. The number of ether oxygens (including phenoxy) is 1. The summed E-state index contributed by atoms with van der Waals surface area (Å²) >= 11 is 0. The molecule has 0 aliphatic carbocycles. The zero-order chi connectivity index (χ0) is 14.9. The van der Waals surface area contributed by atoms with E-state index in [4.69, 9.17) is 9.15 Å². The number of para-hydroxylation sites is 2. The number of hydrogen-bond acceptors (Lipinski definition) is 4. The number of fused-ring (bicyclic) bond motifs is 2. The molecule has 2 aromatic carbocycles. The van der Waals surface area contributed by atoms with Crippen LogP contribution < -0.4 is 5.43 Å². The fourth-order valence-corrected chi connectivity index (χ4v) is 3.01. The van der Waals surface area contributed by atoms with Crippen LogP contribution in [-0.4, -0.2) is 31.2 Å². The maximum absolute atomic E-state index is 12.6. The van der Waals surface area contributed by atoms with E-state index in [1.807, 2.05) is 42.5 Å². The van der Waals surface area contributed by atoms with Crippen molar-refractivity contribution in [2.75, 3.05) is 26.3 Å². The molecule has 0 unspecified atom stereocenters. The lowest BCUT2D eigenvalue weighted by Crippen LogP contribution is -2.35. The van der Waals surface area contributed by atoms with Crippen molar-refractivity contribution in [1.29, 1.82) is 0 Å². The first-order chi connectivity index (χ1) is 10.8. The van der Waals surface area contributed by atoms with Gasteiger partial charge >= 0.3 is 0 Å². The van der Waals surface area contributed by atoms with E-state index < -0.39 is 0 Å². The smallest absolute Gasteiger partial charge is 0.200 e. The van der Waals surface area contributed by atoms with Crippen LogP contribution in [0.3, 0.4) is 0 Å². The highest BCUT2D eigenvalue weighted by atomic mass is 35.5. The topological polar surface area (TPSA) is 42.7 Å². The minimum atomic E-state index is 0. The van der Waals surface area contributed by atoms with Gasteiger partial charge in [0, 0.05) is 25.2 Å². The van der Waals surface area contributed by atoms with E-state index in [9.17, 15) is 4.79 Å².